The fourth-order valence-electron chi connectivity index (χ4n) is 2.56. The van der Waals surface area contributed by atoms with Gasteiger partial charge < -0.3 is 15.0 Å². The number of piperidine rings is 1. The molecule has 1 aromatic heterocycles. The minimum atomic E-state index is 0.294. The number of hydrogen-bond donors (Lipinski definition) is 1. The normalized spacial score (nSPS) is 25.4. The Balaban J connectivity index is 2.06. The van der Waals surface area contributed by atoms with E-state index >= 15 is 0 Å². The van der Waals surface area contributed by atoms with Crippen LogP contribution in [0.3, 0.4) is 0 Å². The Hall–Kier alpha value is -1.13. The largest absolute Gasteiger partial charge is 0.379 e. The Morgan fingerprint density at radius 2 is 2.26 bits per heavy atom. The summed E-state index contributed by atoms with van der Waals surface area (Å²) in [6.45, 7) is 6.43. The third kappa shape index (κ3) is 3.25. The van der Waals surface area contributed by atoms with E-state index in [9.17, 15) is 0 Å². The molecule has 2 heterocycles. The van der Waals surface area contributed by atoms with Crippen LogP contribution < -0.4 is 10.2 Å². The lowest BCUT2D eigenvalue weighted by Gasteiger charge is -2.37. The fourth-order valence-corrected chi connectivity index (χ4v) is 2.56. The highest BCUT2D eigenvalue weighted by molar-refractivity contribution is 5.45. The highest BCUT2D eigenvalue weighted by Crippen LogP contribution is 2.24. The van der Waals surface area contributed by atoms with E-state index in [2.05, 4.69) is 41.2 Å². The van der Waals surface area contributed by atoms with Crippen LogP contribution in [0.15, 0.2) is 18.3 Å². The molecule has 3 unspecified atom stereocenters. The number of pyridine rings is 1. The summed E-state index contributed by atoms with van der Waals surface area (Å²) in [6.07, 6.45) is 3.48. The zero-order valence-corrected chi connectivity index (χ0v) is 12.4. The number of hydrogen-bond acceptors (Lipinski definition) is 4. The van der Waals surface area contributed by atoms with Gasteiger partial charge in [0, 0.05) is 26.2 Å². The van der Waals surface area contributed by atoms with Crippen LogP contribution in [0.1, 0.15) is 32.0 Å². The van der Waals surface area contributed by atoms with Crippen molar-refractivity contribution in [2.75, 3.05) is 32.1 Å². The summed E-state index contributed by atoms with van der Waals surface area (Å²) in [6, 6.07) is 4.57. The molecule has 1 saturated heterocycles. The molecule has 1 aliphatic rings. The van der Waals surface area contributed by atoms with Gasteiger partial charge in [0.1, 0.15) is 0 Å². The van der Waals surface area contributed by atoms with Crippen molar-refractivity contribution >= 4 is 5.69 Å². The lowest BCUT2D eigenvalue weighted by atomic mass is 9.95. The van der Waals surface area contributed by atoms with Crippen molar-refractivity contribution in [3.8, 4) is 0 Å². The summed E-state index contributed by atoms with van der Waals surface area (Å²) in [5.41, 5.74) is 2.28. The number of aromatic nitrogens is 1. The number of anilines is 1. The van der Waals surface area contributed by atoms with Crippen LogP contribution in [0.2, 0.25) is 0 Å². The summed E-state index contributed by atoms with van der Waals surface area (Å²) in [5.74, 6) is 0.637. The Labute approximate surface area is 116 Å². The molecule has 19 heavy (non-hydrogen) atoms. The Kier molecular flexibility index (Phi) is 4.77. The first-order valence-electron chi connectivity index (χ1n) is 7.06. The summed E-state index contributed by atoms with van der Waals surface area (Å²) < 4.78 is 5.56. The van der Waals surface area contributed by atoms with E-state index in [0.717, 1.165) is 18.8 Å². The van der Waals surface area contributed by atoms with Crippen molar-refractivity contribution in [2.45, 2.75) is 32.4 Å². The molecule has 0 amide bonds. The Morgan fingerprint density at radius 1 is 1.47 bits per heavy atom. The Morgan fingerprint density at radius 3 is 2.84 bits per heavy atom. The summed E-state index contributed by atoms with van der Waals surface area (Å²) in [5, 5.41) is 3.21. The minimum Gasteiger partial charge on any atom is -0.379 e. The van der Waals surface area contributed by atoms with Gasteiger partial charge >= 0.3 is 0 Å². The second-order valence-corrected chi connectivity index (χ2v) is 5.44. The third-order valence-electron chi connectivity index (χ3n) is 4.20. The van der Waals surface area contributed by atoms with Gasteiger partial charge in [0.15, 0.2) is 0 Å². The summed E-state index contributed by atoms with van der Waals surface area (Å²) in [4.78, 5) is 6.92. The highest BCUT2D eigenvalue weighted by Gasteiger charge is 2.26. The van der Waals surface area contributed by atoms with E-state index < -0.39 is 0 Å². The van der Waals surface area contributed by atoms with Gasteiger partial charge in [-0.2, -0.15) is 0 Å². The van der Waals surface area contributed by atoms with Gasteiger partial charge in [-0.3, -0.25) is 4.98 Å². The lowest BCUT2D eigenvalue weighted by Crippen LogP contribution is -2.44. The van der Waals surface area contributed by atoms with E-state index in [1.807, 2.05) is 13.2 Å². The lowest BCUT2D eigenvalue weighted by molar-refractivity contribution is 0.0498. The van der Waals surface area contributed by atoms with E-state index in [1.165, 1.54) is 12.1 Å². The molecule has 1 N–H and O–H groups in total. The van der Waals surface area contributed by atoms with Gasteiger partial charge in [0.25, 0.3) is 0 Å². The van der Waals surface area contributed by atoms with Crippen molar-refractivity contribution in [2.24, 2.45) is 5.92 Å². The second-order valence-electron chi connectivity index (χ2n) is 5.44. The molecular formula is C15H25N3O. The van der Waals surface area contributed by atoms with Crippen molar-refractivity contribution in [3.63, 3.8) is 0 Å². The van der Waals surface area contributed by atoms with Gasteiger partial charge in [-0.15, -0.1) is 0 Å². The van der Waals surface area contributed by atoms with E-state index in [0.29, 0.717) is 18.1 Å². The van der Waals surface area contributed by atoms with Gasteiger partial charge in [0.05, 0.1) is 23.7 Å². The van der Waals surface area contributed by atoms with Crippen molar-refractivity contribution in [1.29, 1.82) is 0 Å². The summed E-state index contributed by atoms with van der Waals surface area (Å²) >= 11 is 0. The molecule has 0 aliphatic carbocycles. The van der Waals surface area contributed by atoms with Crippen LogP contribution in [0, 0.1) is 5.92 Å². The first-order chi connectivity index (χ1) is 9.15. The molecule has 0 bridgehead atoms. The van der Waals surface area contributed by atoms with Crippen molar-refractivity contribution in [3.05, 3.63) is 24.0 Å². The number of nitrogens with zero attached hydrogens (tertiary/aromatic N) is 2. The molecule has 0 spiro atoms. The van der Waals surface area contributed by atoms with E-state index in [4.69, 9.17) is 4.74 Å². The van der Waals surface area contributed by atoms with Crippen LogP contribution in [-0.4, -0.2) is 38.3 Å². The SMILES string of the molecule is CNC(C)c1ccc(N2CCC(C)C(OC)C2)cn1. The molecule has 106 valence electrons. The van der Waals surface area contributed by atoms with E-state index in [-0.39, 0.29) is 0 Å². The molecule has 0 aromatic carbocycles. The topological polar surface area (TPSA) is 37.4 Å². The van der Waals surface area contributed by atoms with Crippen LogP contribution >= 0.6 is 0 Å². The van der Waals surface area contributed by atoms with Crippen LogP contribution in [0.25, 0.3) is 0 Å². The monoisotopic (exact) mass is 263 g/mol. The molecule has 2 rings (SSSR count). The van der Waals surface area contributed by atoms with Gasteiger partial charge in [-0.25, -0.2) is 0 Å². The predicted octanol–water partition coefficient (Wildman–Crippen LogP) is 2.22. The molecule has 1 aromatic rings. The van der Waals surface area contributed by atoms with Crippen LogP contribution in [-0.2, 0) is 4.74 Å². The highest BCUT2D eigenvalue weighted by atomic mass is 16.5. The predicted molar refractivity (Wildman–Crippen MR) is 78.5 cm³/mol. The molecule has 4 heteroatoms. The maximum Gasteiger partial charge on any atom is 0.0772 e. The van der Waals surface area contributed by atoms with Crippen molar-refractivity contribution < 1.29 is 4.74 Å². The number of methoxy groups -OCH3 is 1. The zero-order valence-electron chi connectivity index (χ0n) is 12.4. The van der Waals surface area contributed by atoms with E-state index in [1.54, 1.807) is 7.11 Å². The maximum atomic E-state index is 5.56. The molecule has 0 radical (unpaired) electrons. The second kappa shape index (κ2) is 6.35. The Bertz CT molecular complexity index is 393. The third-order valence-corrected chi connectivity index (χ3v) is 4.20. The molecule has 4 nitrogen and oxygen atoms in total. The molecule has 0 saturated carbocycles. The number of nitrogens with one attached hydrogen (secondary N) is 1. The average Bonchev–Trinajstić information content (AvgIpc) is 2.47. The maximum absolute atomic E-state index is 5.56. The first kappa shape index (κ1) is 14.3. The van der Waals surface area contributed by atoms with Crippen LogP contribution in [0.5, 0.6) is 0 Å². The van der Waals surface area contributed by atoms with Gasteiger partial charge in [0.2, 0.25) is 0 Å². The number of rotatable bonds is 4. The van der Waals surface area contributed by atoms with Crippen LogP contribution in [0.4, 0.5) is 5.69 Å². The smallest absolute Gasteiger partial charge is 0.0772 e. The zero-order chi connectivity index (χ0) is 13.8. The molecule has 1 fully saturated rings. The molecule has 1 aliphatic heterocycles. The fraction of sp³-hybridized carbons (Fsp3) is 0.667. The molecule has 3 atom stereocenters. The summed E-state index contributed by atoms with van der Waals surface area (Å²) in [7, 11) is 3.76. The van der Waals surface area contributed by atoms with Gasteiger partial charge in [-0.05, 0) is 38.4 Å². The molecular weight excluding hydrogens is 238 g/mol. The standard InChI is InChI=1S/C15H25N3O/c1-11-7-8-18(10-15(11)19-4)13-5-6-14(17-9-13)12(2)16-3/h5-6,9,11-12,15-16H,7-8,10H2,1-4H3. The quantitative estimate of drug-likeness (QED) is 0.904. The first-order valence-corrected chi connectivity index (χ1v) is 7.06. The average molecular weight is 263 g/mol. The van der Waals surface area contributed by atoms with Gasteiger partial charge in [-0.1, -0.05) is 6.92 Å². The number of ether oxygens (including phenoxy) is 1. The minimum absolute atomic E-state index is 0.294. The van der Waals surface area contributed by atoms with Crippen molar-refractivity contribution in [1.82, 2.24) is 10.3 Å².